The summed E-state index contributed by atoms with van der Waals surface area (Å²) >= 11 is 0.971. The number of nitrogens with two attached hydrogens (primary N) is 1. The number of ether oxygens (including phenoxy) is 1. The fraction of sp³-hybridized carbons (Fsp3) is 0.583. The molecule has 4 N–H and O–H groups in total. The summed E-state index contributed by atoms with van der Waals surface area (Å²) in [6.45, 7) is 2.78. The minimum absolute atomic E-state index is 0.0441. The number of hydrogen-bond donors (Lipinski definition) is 3. The molecular formula is C12H17N3O4S. The normalized spacial score (nSPS) is 17.7. The Hall–Kier alpha value is -1.51. The third kappa shape index (κ3) is 2.67. The molecule has 1 fully saturated rings. The van der Waals surface area contributed by atoms with Crippen molar-refractivity contribution < 1.29 is 19.4 Å². The second kappa shape index (κ2) is 5.86. The number of hydrogen-bond acceptors (Lipinski definition) is 6. The van der Waals surface area contributed by atoms with Gasteiger partial charge in [0, 0.05) is 19.8 Å². The predicted octanol–water partition coefficient (Wildman–Crippen LogP) is 0.844. The average Bonchev–Trinajstić information content (AvgIpc) is 2.80. The van der Waals surface area contributed by atoms with Crippen molar-refractivity contribution in [1.29, 1.82) is 0 Å². The lowest BCUT2D eigenvalue weighted by Gasteiger charge is -2.34. The van der Waals surface area contributed by atoms with Gasteiger partial charge in [0.15, 0.2) is 0 Å². The molecule has 20 heavy (non-hydrogen) atoms. The zero-order valence-electron chi connectivity index (χ0n) is 11.1. The molecule has 0 saturated carbocycles. The first-order chi connectivity index (χ1) is 9.50. The van der Waals surface area contributed by atoms with Crippen LogP contribution in [-0.4, -0.2) is 41.1 Å². The Balaban J connectivity index is 2.21. The van der Waals surface area contributed by atoms with E-state index in [1.165, 1.54) is 0 Å². The Morgan fingerprint density at radius 1 is 1.50 bits per heavy atom. The molecule has 0 unspecified atom stereocenters. The maximum absolute atomic E-state index is 12.4. The van der Waals surface area contributed by atoms with Crippen LogP contribution in [0, 0.1) is 12.3 Å². The first-order valence-corrected chi connectivity index (χ1v) is 7.06. The Morgan fingerprint density at radius 3 is 2.70 bits per heavy atom. The van der Waals surface area contributed by atoms with Gasteiger partial charge in [-0.3, -0.25) is 4.79 Å². The highest BCUT2D eigenvalue weighted by molar-refractivity contribution is 7.11. The number of aryl methyl sites for hydroxylation is 1. The molecular weight excluding hydrogens is 282 g/mol. The van der Waals surface area contributed by atoms with E-state index in [1.807, 2.05) is 0 Å². The largest absolute Gasteiger partial charge is 0.478 e. The first-order valence-electron chi connectivity index (χ1n) is 6.29. The van der Waals surface area contributed by atoms with E-state index in [0.29, 0.717) is 31.7 Å². The molecule has 0 spiro atoms. The smallest absolute Gasteiger partial charge is 0.340 e. The molecule has 1 amide bonds. The fourth-order valence-electron chi connectivity index (χ4n) is 2.23. The van der Waals surface area contributed by atoms with Crippen molar-refractivity contribution >= 4 is 28.4 Å². The van der Waals surface area contributed by atoms with E-state index < -0.39 is 11.4 Å². The fourth-order valence-corrected chi connectivity index (χ4v) is 3.01. The van der Waals surface area contributed by atoms with Crippen LogP contribution in [0.2, 0.25) is 0 Å². The quantitative estimate of drug-likeness (QED) is 0.759. The molecule has 7 nitrogen and oxygen atoms in total. The van der Waals surface area contributed by atoms with Crippen LogP contribution in [0.4, 0.5) is 5.00 Å². The minimum atomic E-state index is -1.10. The van der Waals surface area contributed by atoms with Gasteiger partial charge >= 0.3 is 5.97 Å². The van der Waals surface area contributed by atoms with Crippen LogP contribution in [0.3, 0.4) is 0 Å². The van der Waals surface area contributed by atoms with E-state index in [-0.39, 0.29) is 23.0 Å². The second-order valence-corrected chi connectivity index (χ2v) is 5.60. The van der Waals surface area contributed by atoms with E-state index in [9.17, 15) is 9.59 Å². The average molecular weight is 299 g/mol. The summed E-state index contributed by atoms with van der Waals surface area (Å²) in [6.07, 6.45) is 1.07. The number of amides is 1. The van der Waals surface area contributed by atoms with Gasteiger partial charge in [0.1, 0.15) is 10.6 Å². The Bertz CT molecular complexity index is 523. The molecule has 8 heteroatoms. The number of rotatable bonds is 4. The number of nitrogens with one attached hydrogen (secondary N) is 1. The van der Waals surface area contributed by atoms with Crippen molar-refractivity contribution in [3.05, 3.63) is 11.3 Å². The highest BCUT2D eigenvalue weighted by Gasteiger charge is 2.39. The molecule has 1 aliphatic heterocycles. The third-order valence-electron chi connectivity index (χ3n) is 3.63. The zero-order valence-corrected chi connectivity index (χ0v) is 12.0. The van der Waals surface area contributed by atoms with Crippen molar-refractivity contribution in [2.24, 2.45) is 11.1 Å². The topological polar surface area (TPSA) is 115 Å². The number of anilines is 1. The van der Waals surface area contributed by atoms with Crippen LogP contribution in [0.5, 0.6) is 0 Å². The van der Waals surface area contributed by atoms with Crippen LogP contribution in [0.1, 0.15) is 28.9 Å². The summed E-state index contributed by atoms with van der Waals surface area (Å²) in [6, 6.07) is 0. The van der Waals surface area contributed by atoms with Gasteiger partial charge in [-0.15, -0.1) is 0 Å². The summed E-state index contributed by atoms with van der Waals surface area (Å²) < 4.78 is 9.23. The molecule has 1 saturated heterocycles. The molecule has 2 rings (SSSR count). The summed E-state index contributed by atoms with van der Waals surface area (Å²) in [5.74, 6) is -1.35. The summed E-state index contributed by atoms with van der Waals surface area (Å²) in [4.78, 5) is 23.6. The monoisotopic (exact) mass is 299 g/mol. The van der Waals surface area contributed by atoms with E-state index in [0.717, 1.165) is 11.5 Å². The maximum atomic E-state index is 12.4. The van der Waals surface area contributed by atoms with Gasteiger partial charge < -0.3 is 20.9 Å². The van der Waals surface area contributed by atoms with E-state index in [4.69, 9.17) is 15.6 Å². The Labute approximate surface area is 120 Å². The Morgan fingerprint density at radius 2 is 2.15 bits per heavy atom. The third-order valence-corrected chi connectivity index (χ3v) is 4.48. The van der Waals surface area contributed by atoms with Gasteiger partial charge in [0.25, 0.3) is 0 Å². The van der Waals surface area contributed by atoms with E-state index >= 15 is 0 Å². The molecule has 1 aromatic rings. The molecule has 0 aliphatic carbocycles. The van der Waals surface area contributed by atoms with Crippen molar-refractivity contribution in [3.8, 4) is 0 Å². The van der Waals surface area contributed by atoms with Gasteiger partial charge in [0.05, 0.1) is 11.1 Å². The van der Waals surface area contributed by atoms with Crippen LogP contribution >= 0.6 is 11.5 Å². The number of carbonyl (C=O) groups excluding carboxylic acids is 1. The molecule has 1 aromatic heterocycles. The number of carboxylic acids is 1. The van der Waals surface area contributed by atoms with Crippen molar-refractivity contribution in [2.75, 3.05) is 25.1 Å². The number of aromatic nitrogens is 1. The van der Waals surface area contributed by atoms with Crippen LogP contribution in [-0.2, 0) is 9.53 Å². The highest BCUT2D eigenvalue weighted by atomic mass is 32.1. The summed E-state index contributed by atoms with van der Waals surface area (Å²) in [7, 11) is 0. The summed E-state index contributed by atoms with van der Waals surface area (Å²) in [5.41, 5.74) is 5.50. The van der Waals surface area contributed by atoms with Crippen LogP contribution < -0.4 is 11.1 Å². The van der Waals surface area contributed by atoms with Gasteiger partial charge in [-0.05, 0) is 31.3 Å². The maximum Gasteiger partial charge on any atom is 0.340 e. The molecule has 0 bridgehead atoms. The van der Waals surface area contributed by atoms with Gasteiger partial charge in [-0.2, -0.15) is 4.37 Å². The lowest BCUT2D eigenvalue weighted by atomic mass is 9.79. The number of nitrogens with zero attached hydrogens (tertiary/aromatic N) is 1. The SMILES string of the molecule is Cc1nsc(NC(=O)C2(CN)CCOCC2)c1C(=O)O. The molecule has 0 aromatic carbocycles. The number of carboxylic acid groups (broad SMARTS) is 1. The van der Waals surface area contributed by atoms with Gasteiger partial charge in [-0.25, -0.2) is 4.79 Å². The van der Waals surface area contributed by atoms with Crippen LogP contribution in [0.25, 0.3) is 0 Å². The molecule has 110 valence electrons. The predicted molar refractivity (Wildman–Crippen MR) is 74.0 cm³/mol. The Kier molecular flexibility index (Phi) is 4.36. The number of carbonyl (C=O) groups is 2. The molecule has 0 atom stereocenters. The van der Waals surface area contributed by atoms with E-state index in [2.05, 4.69) is 9.69 Å². The standard InChI is InChI=1S/C12H17N3O4S/c1-7-8(10(16)17)9(20-15-7)14-11(18)12(6-13)2-4-19-5-3-12/h2-6,13H2,1H3,(H,14,18)(H,16,17). The van der Waals surface area contributed by atoms with E-state index in [1.54, 1.807) is 6.92 Å². The van der Waals surface area contributed by atoms with Gasteiger partial charge in [0.2, 0.25) is 5.91 Å². The summed E-state index contributed by atoms with van der Waals surface area (Å²) in [5, 5.41) is 12.1. The molecule has 0 radical (unpaired) electrons. The lowest BCUT2D eigenvalue weighted by Crippen LogP contribution is -2.46. The van der Waals surface area contributed by atoms with Gasteiger partial charge in [-0.1, -0.05) is 0 Å². The van der Waals surface area contributed by atoms with Crippen LogP contribution in [0.15, 0.2) is 0 Å². The minimum Gasteiger partial charge on any atom is -0.478 e. The number of aromatic carboxylic acids is 1. The second-order valence-electron chi connectivity index (χ2n) is 4.83. The first kappa shape index (κ1) is 14.9. The molecule has 1 aliphatic rings. The lowest BCUT2D eigenvalue weighted by molar-refractivity contribution is -0.130. The molecule has 2 heterocycles. The van der Waals surface area contributed by atoms with Crippen molar-refractivity contribution in [1.82, 2.24) is 4.37 Å². The van der Waals surface area contributed by atoms with Crippen molar-refractivity contribution in [3.63, 3.8) is 0 Å². The zero-order chi connectivity index (χ0) is 14.8. The highest BCUT2D eigenvalue weighted by Crippen LogP contribution is 2.33. The van der Waals surface area contributed by atoms with Crippen molar-refractivity contribution in [2.45, 2.75) is 19.8 Å².